The summed E-state index contributed by atoms with van der Waals surface area (Å²) in [4.78, 5) is 4.74. The number of thiazole rings is 1. The molecule has 1 fully saturated rings. The zero-order valence-corrected chi connectivity index (χ0v) is 13.7. The summed E-state index contributed by atoms with van der Waals surface area (Å²) in [6.07, 6.45) is 7.00. The van der Waals surface area contributed by atoms with Crippen LogP contribution in [0.4, 0.5) is 0 Å². The van der Waals surface area contributed by atoms with Gasteiger partial charge in [0.1, 0.15) is 5.01 Å². The van der Waals surface area contributed by atoms with E-state index >= 15 is 0 Å². The smallest absolute Gasteiger partial charge is 0.107 e. The van der Waals surface area contributed by atoms with Crippen molar-refractivity contribution < 1.29 is 0 Å². The number of aromatic nitrogens is 1. The van der Waals surface area contributed by atoms with Crippen LogP contribution < -0.4 is 5.32 Å². The van der Waals surface area contributed by atoms with E-state index in [0.717, 1.165) is 13.1 Å². The van der Waals surface area contributed by atoms with Crippen molar-refractivity contribution >= 4 is 11.3 Å². The quantitative estimate of drug-likeness (QED) is 0.878. The van der Waals surface area contributed by atoms with Gasteiger partial charge in [0.15, 0.2) is 0 Å². The Kier molecular flexibility index (Phi) is 4.67. The van der Waals surface area contributed by atoms with Crippen molar-refractivity contribution in [2.24, 2.45) is 5.41 Å². The highest BCUT2D eigenvalue weighted by molar-refractivity contribution is 7.09. The van der Waals surface area contributed by atoms with Gasteiger partial charge in [-0.1, -0.05) is 47.0 Å². The molecule has 3 heteroatoms. The highest BCUT2D eigenvalue weighted by atomic mass is 32.1. The molecule has 1 aliphatic carbocycles. The molecule has 1 aromatic heterocycles. The van der Waals surface area contributed by atoms with E-state index in [0.29, 0.717) is 5.41 Å². The maximum atomic E-state index is 4.74. The number of nitrogens with zero attached hydrogens (tertiary/aromatic N) is 1. The van der Waals surface area contributed by atoms with Gasteiger partial charge in [-0.3, -0.25) is 0 Å². The first-order valence-corrected chi connectivity index (χ1v) is 8.43. The van der Waals surface area contributed by atoms with Crippen LogP contribution in [0.1, 0.15) is 70.5 Å². The molecule has 0 amide bonds. The molecule has 0 unspecified atom stereocenters. The molecule has 1 aliphatic rings. The van der Waals surface area contributed by atoms with Crippen LogP contribution in [0.5, 0.6) is 0 Å². The minimum atomic E-state index is 0.171. The Morgan fingerprint density at radius 1 is 1.26 bits per heavy atom. The van der Waals surface area contributed by atoms with Gasteiger partial charge >= 0.3 is 0 Å². The fourth-order valence-corrected chi connectivity index (χ4v) is 3.78. The largest absolute Gasteiger partial charge is 0.310 e. The molecule has 0 radical (unpaired) electrons. The summed E-state index contributed by atoms with van der Waals surface area (Å²) < 4.78 is 0. The normalized spacial score (nSPS) is 19.6. The van der Waals surface area contributed by atoms with E-state index < -0.39 is 0 Å². The molecule has 1 saturated carbocycles. The Bertz CT molecular complexity index is 397. The summed E-state index contributed by atoms with van der Waals surface area (Å²) in [6.45, 7) is 11.2. The molecular weight excluding hydrogens is 252 g/mol. The molecule has 0 atom stereocenters. The van der Waals surface area contributed by atoms with Crippen molar-refractivity contribution in [3.8, 4) is 0 Å². The third-order valence-corrected chi connectivity index (χ3v) is 5.06. The molecule has 0 saturated heterocycles. The number of hydrogen-bond acceptors (Lipinski definition) is 3. The highest BCUT2D eigenvalue weighted by Gasteiger charge is 2.26. The standard InChI is InChI=1S/C16H28N2S/c1-15(2,3)13-11-19-14(18-13)10-17-12-16(4)8-6-5-7-9-16/h11,17H,5-10,12H2,1-4H3. The Labute approximate surface area is 122 Å². The Balaban J connectivity index is 1.81. The lowest BCUT2D eigenvalue weighted by Crippen LogP contribution is -2.33. The van der Waals surface area contributed by atoms with E-state index in [9.17, 15) is 0 Å². The minimum absolute atomic E-state index is 0.171. The van der Waals surface area contributed by atoms with Crippen LogP contribution in [-0.2, 0) is 12.0 Å². The minimum Gasteiger partial charge on any atom is -0.310 e. The van der Waals surface area contributed by atoms with Gasteiger partial charge in [0.2, 0.25) is 0 Å². The summed E-state index contributed by atoms with van der Waals surface area (Å²) in [5.41, 5.74) is 1.91. The molecule has 2 rings (SSSR count). The fraction of sp³-hybridized carbons (Fsp3) is 0.812. The van der Waals surface area contributed by atoms with E-state index in [1.165, 1.54) is 42.8 Å². The highest BCUT2D eigenvalue weighted by Crippen LogP contribution is 2.35. The zero-order valence-electron chi connectivity index (χ0n) is 12.9. The van der Waals surface area contributed by atoms with Crippen molar-refractivity contribution in [3.63, 3.8) is 0 Å². The number of hydrogen-bond donors (Lipinski definition) is 1. The first-order chi connectivity index (χ1) is 8.89. The fourth-order valence-electron chi connectivity index (χ4n) is 2.79. The average molecular weight is 280 g/mol. The van der Waals surface area contributed by atoms with Crippen LogP contribution in [0.15, 0.2) is 5.38 Å². The van der Waals surface area contributed by atoms with Crippen LogP contribution >= 0.6 is 11.3 Å². The maximum absolute atomic E-state index is 4.74. The SMILES string of the molecule is CC1(CNCc2nc(C(C)(C)C)cs2)CCCCC1. The summed E-state index contributed by atoms with van der Waals surface area (Å²) in [6, 6.07) is 0. The van der Waals surface area contributed by atoms with Gasteiger partial charge in [-0.25, -0.2) is 4.98 Å². The van der Waals surface area contributed by atoms with Crippen molar-refractivity contribution in [2.75, 3.05) is 6.54 Å². The van der Waals surface area contributed by atoms with Crippen molar-refractivity contribution in [3.05, 3.63) is 16.1 Å². The van der Waals surface area contributed by atoms with E-state index in [2.05, 4.69) is 38.4 Å². The molecule has 2 nitrogen and oxygen atoms in total. The molecule has 0 bridgehead atoms. The summed E-state index contributed by atoms with van der Waals surface area (Å²) in [5.74, 6) is 0. The third-order valence-electron chi connectivity index (χ3n) is 4.21. The molecule has 1 aromatic rings. The van der Waals surface area contributed by atoms with Gasteiger partial charge in [0.25, 0.3) is 0 Å². The topological polar surface area (TPSA) is 24.9 Å². The molecule has 0 aromatic carbocycles. The van der Waals surface area contributed by atoms with Gasteiger partial charge in [0, 0.05) is 23.9 Å². The van der Waals surface area contributed by atoms with Gasteiger partial charge in [-0.2, -0.15) is 0 Å². The predicted molar refractivity (Wildman–Crippen MR) is 83.7 cm³/mol. The van der Waals surface area contributed by atoms with Gasteiger partial charge in [-0.05, 0) is 18.3 Å². The number of nitrogens with one attached hydrogen (secondary N) is 1. The van der Waals surface area contributed by atoms with E-state index in [4.69, 9.17) is 4.98 Å². The second-order valence-electron chi connectivity index (χ2n) is 7.35. The second kappa shape index (κ2) is 5.92. The van der Waals surface area contributed by atoms with Gasteiger partial charge in [-0.15, -0.1) is 11.3 Å². The molecule has 19 heavy (non-hydrogen) atoms. The van der Waals surface area contributed by atoms with E-state index in [-0.39, 0.29) is 5.41 Å². The average Bonchev–Trinajstić information content (AvgIpc) is 2.78. The molecule has 0 aliphatic heterocycles. The zero-order chi connectivity index (χ0) is 13.9. The molecule has 1 N–H and O–H groups in total. The van der Waals surface area contributed by atoms with Gasteiger partial charge < -0.3 is 5.32 Å². The van der Waals surface area contributed by atoms with E-state index in [1.54, 1.807) is 11.3 Å². The summed E-state index contributed by atoms with van der Waals surface area (Å²) >= 11 is 1.79. The van der Waals surface area contributed by atoms with Crippen LogP contribution in [0.3, 0.4) is 0 Å². The Hall–Kier alpha value is -0.410. The molecule has 1 heterocycles. The van der Waals surface area contributed by atoms with Crippen LogP contribution in [0, 0.1) is 5.41 Å². The number of rotatable bonds is 4. The lowest BCUT2D eigenvalue weighted by molar-refractivity contribution is 0.207. The first kappa shape index (κ1) is 15.0. The lowest BCUT2D eigenvalue weighted by Gasteiger charge is -2.33. The van der Waals surface area contributed by atoms with Crippen molar-refractivity contribution in [2.45, 2.75) is 71.8 Å². The van der Waals surface area contributed by atoms with Gasteiger partial charge in [0.05, 0.1) is 5.69 Å². The summed E-state index contributed by atoms with van der Waals surface area (Å²) in [7, 11) is 0. The summed E-state index contributed by atoms with van der Waals surface area (Å²) in [5, 5.41) is 7.06. The lowest BCUT2D eigenvalue weighted by atomic mass is 9.76. The molecule has 108 valence electrons. The van der Waals surface area contributed by atoms with Crippen molar-refractivity contribution in [1.82, 2.24) is 10.3 Å². The van der Waals surface area contributed by atoms with Crippen molar-refractivity contribution in [1.29, 1.82) is 0 Å². The van der Waals surface area contributed by atoms with Crippen LogP contribution in [-0.4, -0.2) is 11.5 Å². The first-order valence-electron chi connectivity index (χ1n) is 7.55. The van der Waals surface area contributed by atoms with Crippen LogP contribution in [0.25, 0.3) is 0 Å². The maximum Gasteiger partial charge on any atom is 0.107 e. The molecular formula is C16H28N2S. The predicted octanol–water partition coefficient (Wildman–Crippen LogP) is 4.50. The van der Waals surface area contributed by atoms with E-state index in [1.807, 2.05) is 0 Å². The molecule has 0 spiro atoms. The Morgan fingerprint density at radius 2 is 1.95 bits per heavy atom. The van der Waals surface area contributed by atoms with Crippen LogP contribution in [0.2, 0.25) is 0 Å². The monoisotopic (exact) mass is 280 g/mol. The Morgan fingerprint density at radius 3 is 2.53 bits per heavy atom. The third kappa shape index (κ3) is 4.28. The second-order valence-corrected chi connectivity index (χ2v) is 8.29.